The van der Waals surface area contributed by atoms with E-state index in [9.17, 15) is 19.0 Å². The summed E-state index contributed by atoms with van der Waals surface area (Å²) >= 11 is 0. The summed E-state index contributed by atoms with van der Waals surface area (Å²) in [5, 5.41) is 3.06. The van der Waals surface area contributed by atoms with Crippen molar-refractivity contribution in [3.05, 3.63) is 12.2 Å². The average molecular weight is 1100 g/mol. The van der Waals surface area contributed by atoms with Gasteiger partial charge in [-0.3, -0.25) is 18.6 Å². The van der Waals surface area contributed by atoms with Gasteiger partial charge in [0.2, 0.25) is 5.91 Å². The fourth-order valence-corrected chi connectivity index (χ4v) is 11.0. The van der Waals surface area contributed by atoms with E-state index in [1.54, 1.807) is 0 Å². The average Bonchev–Trinajstić information content (AvgIpc) is 3.38. The van der Waals surface area contributed by atoms with Gasteiger partial charge in [-0.1, -0.05) is 316 Å². The maximum Gasteiger partial charge on any atom is 0.472 e. The highest BCUT2D eigenvalue weighted by Gasteiger charge is 2.30. The number of carbonyl (C=O) groups is 2. The molecule has 0 aliphatic rings. The van der Waals surface area contributed by atoms with E-state index in [4.69, 9.17) is 13.8 Å². The van der Waals surface area contributed by atoms with E-state index in [1.165, 1.54) is 257 Å². The number of rotatable bonds is 62. The minimum atomic E-state index is -4.44. The molecule has 3 atom stereocenters. The molecule has 0 aromatic rings. The first-order valence-electron chi connectivity index (χ1n) is 33.5. The Morgan fingerprint density at radius 3 is 1.08 bits per heavy atom. The van der Waals surface area contributed by atoms with Gasteiger partial charge in [-0.2, -0.15) is 0 Å². The molecule has 0 aromatic carbocycles. The van der Waals surface area contributed by atoms with Crippen LogP contribution in [-0.4, -0.2) is 74.3 Å². The summed E-state index contributed by atoms with van der Waals surface area (Å²) in [6.07, 6.45) is 66.6. The molecule has 0 heterocycles. The van der Waals surface area contributed by atoms with E-state index in [-0.39, 0.29) is 25.1 Å². The summed E-state index contributed by atoms with van der Waals surface area (Å²) in [6.45, 7) is 7.06. The van der Waals surface area contributed by atoms with Crippen molar-refractivity contribution in [1.82, 2.24) is 5.32 Å². The summed E-state index contributed by atoms with van der Waals surface area (Å²) in [6, 6.07) is -0.839. The van der Waals surface area contributed by atoms with Crippen LogP contribution in [0.15, 0.2) is 12.2 Å². The van der Waals surface area contributed by atoms with Gasteiger partial charge < -0.3 is 19.4 Å². The second kappa shape index (κ2) is 57.0. The summed E-state index contributed by atoms with van der Waals surface area (Å²) in [7, 11) is 1.52. The van der Waals surface area contributed by atoms with E-state index in [1.807, 2.05) is 33.3 Å². The first kappa shape index (κ1) is 74.8. The van der Waals surface area contributed by atoms with Gasteiger partial charge in [-0.25, -0.2) is 4.57 Å². The molecular formula is C66H132N2O7P+. The summed E-state index contributed by atoms with van der Waals surface area (Å²) in [4.78, 5) is 37.7. The number of allylic oxidation sites excluding steroid dienone is 1. The van der Waals surface area contributed by atoms with Crippen molar-refractivity contribution in [3.63, 3.8) is 0 Å². The number of nitrogens with zero attached hydrogens (tertiary/aromatic N) is 1. The first-order valence-corrected chi connectivity index (χ1v) is 35.0. The molecule has 1 amide bonds. The highest BCUT2D eigenvalue weighted by molar-refractivity contribution is 7.47. The zero-order valence-electron chi connectivity index (χ0n) is 51.8. The number of carbonyl (C=O) groups excluding carboxylic acids is 2. The third-order valence-corrected chi connectivity index (χ3v) is 16.5. The standard InChI is InChI=1S/C66H131N2O7P/c1-7-10-13-16-19-22-25-27-28-29-30-31-32-33-34-35-36-37-38-39-40-41-44-47-50-53-56-59-66(70)75-64(57-54-51-48-45-43-26-23-20-17-14-11-8-2)63(62-74-76(71,72)73-61-60-68(4,5)6)67-65(69)58-55-52-49-46-42-24-21-18-15-12-9-3/h54,57,63-64H,7-53,55-56,58-62H2,1-6H3,(H-,67,69,71,72)/p+1/b57-54-. The molecule has 0 rings (SSSR count). The van der Waals surface area contributed by atoms with Gasteiger partial charge >= 0.3 is 13.8 Å². The van der Waals surface area contributed by atoms with Crippen molar-refractivity contribution in [2.45, 2.75) is 360 Å². The smallest absolute Gasteiger partial charge is 0.456 e. The van der Waals surface area contributed by atoms with Crippen molar-refractivity contribution in [2.24, 2.45) is 0 Å². The third kappa shape index (κ3) is 57.4. The predicted molar refractivity (Wildman–Crippen MR) is 328 cm³/mol. The van der Waals surface area contributed by atoms with Crippen LogP contribution < -0.4 is 5.32 Å². The molecule has 0 radical (unpaired) electrons. The van der Waals surface area contributed by atoms with Gasteiger partial charge in [-0.05, 0) is 31.8 Å². The monoisotopic (exact) mass is 1100 g/mol. The number of ether oxygens (including phenoxy) is 1. The van der Waals surface area contributed by atoms with Gasteiger partial charge in [0.05, 0.1) is 33.8 Å². The van der Waals surface area contributed by atoms with Gasteiger partial charge in [0.1, 0.15) is 19.3 Å². The maximum absolute atomic E-state index is 13.5. The molecule has 452 valence electrons. The van der Waals surface area contributed by atoms with Gasteiger partial charge in [0, 0.05) is 12.8 Å². The molecule has 0 aliphatic heterocycles. The van der Waals surface area contributed by atoms with Crippen LogP contribution in [0.5, 0.6) is 0 Å². The van der Waals surface area contributed by atoms with E-state index in [0.29, 0.717) is 23.9 Å². The normalized spacial score (nSPS) is 13.6. The predicted octanol–water partition coefficient (Wildman–Crippen LogP) is 20.7. The molecule has 0 fully saturated rings. The van der Waals surface area contributed by atoms with Crippen LogP contribution in [0.4, 0.5) is 0 Å². The zero-order chi connectivity index (χ0) is 55.7. The molecule has 0 saturated heterocycles. The molecule has 3 unspecified atom stereocenters. The molecule has 0 spiro atoms. The van der Waals surface area contributed by atoms with Gasteiger partial charge in [0.25, 0.3) is 0 Å². The minimum absolute atomic E-state index is 0.0456. The van der Waals surface area contributed by atoms with Gasteiger partial charge in [0.15, 0.2) is 0 Å². The first-order chi connectivity index (χ1) is 36.9. The fourth-order valence-electron chi connectivity index (χ4n) is 10.3. The number of unbranched alkanes of at least 4 members (excludes halogenated alkanes) is 46. The second-order valence-electron chi connectivity index (χ2n) is 24.4. The number of amides is 1. The van der Waals surface area contributed by atoms with Crippen LogP contribution in [-0.2, 0) is 27.9 Å². The molecule has 9 nitrogen and oxygen atoms in total. The molecule has 0 aliphatic carbocycles. The Kier molecular flexibility index (Phi) is 56.1. The van der Waals surface area contributed by atoms with Crippen LogP contribution in [0, 0.1) is 0 Å². The van der Waals surface area contributed by atoms with E-state index < -0.39 is 20.0 Å². The second-order valence-corrected chi connectivity index (χ2v) is 25.8. The van der Waals surface area contributed by atoms with Crippen molar-refractivity contribution >= 4 is 19.7 Å². The number of nitrogens with one attached hydrogen (secondary N) is 1. The number of phosphoric ester groups is 1. The van der Waals surface area contributed by atoms with E-state index in [2.05, 4.69) is 26.1 Å². The topological polar surface area (TPSA) is 111 Å². The lowest BCUT2D eigenvalue weighted by atomic mass is 10.0. The van der Waals surface area contributed by atoms with Crippen molar-refractivity contribution in [2.75, 3.05) is 40.9 Å². The highest BCUT2D eigenvalue weighted by Crippen LogP contribution is 2.43. The summed E-state index contributed by atoms with van der Waals surface area (Å²) < 4.78 is 30.7. The number of esters is 1. The largest absolute Gasteiger partial charge is 0.472 e. The van der Waals surface area contributed by atoms with Crippen LogP contribution in [0.25, 0.3) is 0 Å². The van der Waals surface area contributed by atoms with Crippen molar-refractivity contribution < 1.29 is 37.3 Å². The molecule has 10 heteroatoms. The Balaban J connectivity index is 4.90. The summed E-state index contributed by atoms with van der Waals surface area (Å²) in [5.74, 6) is -0.484. The quantitative estimate of drug-likeness (QED) is 0.0205. The number of hydrogen-bond acceptors (Lipinski definition) is 6. The van der Waals surface area contributed by atoms with Crippen molar-refractivity contribution in [3.8, 4) is 0 Å². The lowest BCUT2D eigenvalue weighted by molar-refractivity contribution is -0.870. The molecule has 0 bridgehead atoms. The lowest BCUT2D eigenvalue weighted by Crippen LogP contribution is -2.47. The molecule has 76 heavy (non-hydrogen) atoms. The molecule has 0 aromatic heterocycles. The van der Waals surface area contributed by atoms with Crippen LogP contribution in [0.2, 0.25) is 0 Å². The molecule has 2 N–H and O–H groups in total. The Bertz CT molecular complexity index is 1310. The Hall–Kier alpha value is -1.25. The van der Waals surface area contributed by atoms with Crippen LogP contribution in [0.3, 0.4) is 0 Å². The van der Waals surface area contributed by atoms with Gasteiger partial charge in [-0.15, -0.1) is 0 Å². The van der Waals surface area contributed by atoms with E-state index in [0.717, 1.165) is 57.8 Å². The van der Waals surface area contributed by atoms with E-state index >= 15 is 0 Å². The number of hydrogen-bond donors (Lipinski definition) is 2. The lowest BCUT2D eigenvalue weighted by Gasteiger charge is -2.27. The fraction of sp³-hybridized carbons (Fsp3) is 0.939. The van der Waals surface area contributed by atoms with Crippen LogP contribution >= 0.6 is 7.82 Å². The Morgan fingerprint density at radius 2 is 0.750 bits per heavy atom. The number of phosphoric acid groups is 1. The Labute approximate surface area is 473 Å². The maximum atomic E-state index is 13.5. The molecular weight excluding hydrogens is 964 g/mol. The zero-order valence-corrected chi connectivity index (χ0v) is 52.7. The third-order valence-electron chi connectivity index (χ3n) is 15.5. The minimum Gasteiger partial charge on any atom is -0.456 e. The number of likely N-dealkylation sites (N-methyl/N-ethyl adjacent to an activating group) is 1. The SMILES string of the molecule is CCCCCCCCCCCC/C=C\C(OC(=O)CCCCCCCCCCCCCCCCCCCCCCCCCCCCC)C(COP(=O)(O)OCC[N+](C)(C)C)NC(=O)CCCCCCCCCCCCC. The highest BCUT2D eigenvalue weighted by atomic mass is 31.2. The molecule has 0 saturated carbocycles. The van der Waals surface area contributed by atoms with Crippen molar-refractivity contribution in [1.29, 1.82) is 0 Å². The summed E-state index contributed by atoms with van der Waals surface area (Å²) in [5.41, 5.74) is 0. The van der Waals surface area contributed by atoms with Crippen LogP contribution in [0.1, 0.15) is 348 Å². The Morgan fingerprint density at radius 1 is 0.447 bits per heavy atom. The number of quaternary nitrogens is 1.